The van der Waals surface area contributed by atoms with Gasteiger partial charge in [0.2, 0.25) is 0 Å². The first-order valence-corrected chi connectivity index (χ1v) is 7.69. The molecule has 2 N–H and O–H groups in total. The molecule has 0 radical (unpaired) electrons. The van der Waals surface area contributed by atoms with Crippen molar-refractivity contribution in [2.75, 3.05) is 5.73 Å². The fraction of sp³-hybridized carbons (Fsp3) is 0.571. The second kappa shape index (κ2) is 4.96. The van der Waals surface area contributed by atoms with Crippen molar-refractivity contribution in [3.8, 4) is 11.5 Å². The van der Waals surface area contributed by atoms with E-state index in [0.717, 1.165) is 35.7 Å². The molecule has 5 heteroatoms. The Morgan fingerprint density at radius 3 is 2.89 bits per heavy atom. The number of nitrogens with zero attached hydrogens (tertiary/aromatic N) is 2. The van der Waals surface area contributed by atoms with Gasteiger partial charge in [0.15, 0.2) is 5.82 Å². The standard InChI is InChI=1S/C14H19N3OS/c1-8(2)7-11-16-14(18-17-11)12-9-5-3-4-6-10(9)19-13(12)15/h8H,3-7,15H2,1-2H3. The first-order valence-electron chi connectivity index (χ1n) is 6.88. The lowest BCUT2D eigenvalue weighted by molar-refractivity contribution is 0.417. The number of rotatable bonds is 3. The molecule has 0 atom stereocenters. The number of thiophene rings is 1. The molecule has 0 saturated heterocycles. The average Bonchev–Trinajstić information content (AvgIpc) is 2.91. The van der Waals surface area contributed by atoms with Gasteiger partial charge < -0.3 is 10.3 Å². The number of aryl methyl sites for hydroxylation is 1. The van der Waals surface area contributed by atoms with Crippen LogP contribution in [0.15, 0.2) is 4.52 Å². The molecular formula is C14H19N3OS. The molecule has 2 aromatic heterocycles. The van der Waals surface area contributed by atoms with Crippen LogP contribution in [0.25, 0.3) is 11.5 Å². The smallest absolute Gasteiger partial charge is 0.261 e. The van der Waals surface area contributed by atoms with E-state index in [1.54, 1.807) is 11.3 Å². The molecule has 0 aliphatic heterocycles. The molecule has 0 aromatic carbocycles. The number of nitrogens with two attached hydrogens (primary N) is 1. The third kappa shape index (κ3) is 2.39. The summed E-state index contributed by atoms with van der Waals surface area (Å²) in [4.78, 5) is 5.92. The van der Waals surface area contributed by atoms with Gasteiger partial charge in [-0.05, 0) is 37.2 Å². The van der Waals surface area contributed by atoms with Crippen molar-refractivity contribution in [3.05, 3.63) is 16.3 Å². The molecule has 0 unspecified atom stereocenters. The van der Waals surface area contributed by atoms with Crippen LogP contribution in [0.5, 0.6) is 0 Å². The van der Waals surface area contributed by atoms with E-state index in [1.807, 2.05) is 0 Å². The van der Waals surface area contributed by atoms with Gasteiger partial charge in [0.05, 0.1) is 10.6 Å². The van der Waals surface area contributed by atoms with E-state index in [9.17, 15) is 0 Å². The summed E-state index contributed by atoms with van der Waals surface area (Å²) in [6.45, 7) is 4.30. The van der Waals surface area contributed by atoms with Gasteiger partial charge in [-0.1, -0.05) is 19.0 Å². The highest BCUT2D eigenvalue weighted by Crippen LogP contribution is 2.41. The molecule has 102 valence electrons. The van der Waals surface area contributed by atoms with Gasteiger partial charge in [0.25, 0.3) is 5.89 Å². The van der Waals surface area contributed by atoms with Gasteiger partial charge in [0, 0.05) is 11.3 Å². The minimum atomic E-state index is 0.527. The molecule has 2 heterocycles. The molecule has 1 aliphatic rings. The fourth-order valence-corrected chi connectivity index (χ4v) is 3.78. The normalized spacial score (nSPS) is 14.9. The maximum absolute atomic E-state index is 6.15. The summed E-state index contributed by atoms with van der Waals surface area (Å²) >= 11 is 1.68. The van der Waals surface area contributed by atoms with Crippen molar-refractivity contribution >= 4 is 16.3 Å². The Kier molecular flexibility index (Phi) is 3.31. The van der Waals surface area contributed by atoms with Crippen LogP contribution in [0.2, 0.25) is 0 Å². The SMILES string of the molecule is CC(C)Cc1noc(-c2c(N)sc3c2CCCC3)n1. The van der Waals surface area contributed by atoms with Crippen LogP contribution in [0, 0.1) is 5.92 Å². The summed E-state index contributed by atoms with van der Waals surface area (Å²) in [6.07, 6.45) is 5.55. The highest BCUT2D eigenvalue weighted by molar-refractivity contribution is 7.16. The van der Waals surface area contributed by atoms with Crippen molar-refractivity contribution < 1.29 is 4.52 Å². The maximum Gasteiger partial charge on any atom is 0.261 e. The van der Waals surface area contributed by atoms with Gasteiger partial charge in [-0.2, -0.15) is 4.98 Å². The highest BCUT2D eigenvalue weighted by Gasteiger charge is 2.24. The van der Waals surface area contributed by atoms with Crippen LogP contribution >= 0.6 is 11.3 Å². The molecule has 0 amide bonds. The van der Waals surface area contributed by atoms with Crippen molar-refractivity contribution in [1.82, 2.24) is 10.1 Å². The number of fused-ring (bicyclic) bond motifs is 1. The van der Waals surface area contributed by atoms with E-state index in [1.165, 1.54) is 23.3 Å². The largest absolute Gasteiger partial charge is 0.390 e. The Bertz CT molecular complexity index is 586. The van der Waals surface area contributed by atoms with Crippen molar-refractivity contribution in [3.63, 3.8) is 0 Å². The van der Waals surface area contributed by atoms with Crippen LogP contribution < -0.4 is 5.73 Å². The monoisotopic (exact) mass is 277 g/mol. The first kappa shape index (κ1) is 12.7. The van der Waals surface area contributed by atoms with E-state index < -0.39 is 0 Å². The Morgan fingerprint density at radius 1 is 1.32 bits per heavy atom. The summed E-state index contributed by atoms with van der Waals surface area (Å²) in [5.41, 5.74) is 8.50. The maximum atomic E-state index is 6.15. The summed E-state index contributed by atoms with van der Waals surface area (Å²) < 4.78 is 5.42. The zero-order valence-electron chi connectivity index (χ0n) is 11.4. The lowest BCUT2D eigenvalue weighted by Gasteiger charge is -2.10. The lowest BCUT2D eigenvalue weighted by Crippen LogP contribution is -2.00. The number of hydrogen-bond donors (Lipinski definition) is 1. The Morgan fingerprint density at radius 2 is 2.11 bits per heavy atom. The molecule has 0 bridgehead atoms. The number of anilines is 1. The molecule has 1 aliphatic carbocycles. The summed E-state index contributed by atoms with van der Waals surface area (Å²) in [6, 6.07) is 0. The van der Waals surface area contributed by atoms with Crippen molar-refractivity contribution in [2.45, 2.75) is 46.0 Å². The van der Waals surface area contributed by atoms with Gasteiger partial charge in [-0.25, -0.2) is 0 Å². The number of aromatic nitrogens is 2. The van der Waals surface area contributed by atoms with E-state index in [0.29, 0.717) is 11.8 Å². The number of nitrogen functional groups attached to an aromatic ring is 1. The molecule has 0 spiro atoms. The van der Waals surface area contributed by atoms with E-state index in [-0.39, 0.29) is 0 Å². The third-order valence-corrected chi connectivity index (χ3v) is 4.59. The predicted molar refractivity (Wildman–Crippen MR) is 77.2 cm³/mol. The molecular weight excluding hydrogens is 258 g/mol. The van der Waals surface area contributed by atoms with E-state index >= 15 is 0 Å². The van der Waals surface area contributed by atoms with E-state index in [2.05, 4.69) is 24.0 Å². The molecule has 2 aromatic rings. The van der Waals surface area contributed by atoms with Crippen LogP contribution in [0.3, 0.4) is 0 Å². The Labute approximate surface area is 117 Å². The quantitative estimate of drug-likeness (QED) is 0.933. The zero-order chi connectivity index (χ0) is 13.4. The molecule has 4 nitrogen and oxygen atoms in total. The zero-order valence-corrected chi connectivity index (χ0v) is 12.2. The summed E-state index contributed by atoms with van der Waals surface area (Å²) in [5, 5.41) is 4.89. The molecule has 3 rings (SSSR count). The van der Waals surface area contributed by atoms with Gasteiger partial charge in [-0.15, -0.1) is 11.3 Å². The minimum Gasteiger partial charge on any atom is -0.390 e. The summed E-state index contributed by atoms with van der Waals surface area (Å²) in [5.74, 6) is 1.91. The van der Waals surface area contributed by atoms with Crippen LogP contribution in [-0.2, 0) is 19.3 Å². The molecule has 19 heavy (non-hydrogen) atoms. The van der Waals surface area contributed by atoms with Crippen LogP contribution in [0.1, 0.15) is 43.0 Å². The van der Waals surface area contributed by atoms with Crippen LogP contribution in [-0.4, -0.2) is 10.1 Å². The second-order valence-corrected chi connectivity index (χ2v) is 6.70. The average molecular weight is 277 g/mol. The van der Waals surface area contributed by atoms with Crippen LogP contribution in [0.4, 0.5) is 5.00 Å². The predicted octanol–water partition coefficient (Wildman–Crippen LogP) is 3.46. The van der Waals surface area contributed by atoms with Gasteiger partial charge in [0.1, 0.15) is 0 Å². The van der Waals surface area contributed by atoms with Crippen molar-refractivity contribution in [1.29, 1.82) is 0 Å². The van der Waals surface area contributed by atoms with Crippen molar-refractivity contribution in [2.24, 2.45) is 5.92 Å². The summed E-state index contributed by atoms with van der Waals surface area (Å²) in [7, 11) is 0. The first-order chi connectivity index (χ1) is 9.15. The highest BCUT2D eigenvalue weighted by atomic mass is 32.1. The topological polar surface area (TPSA) is 64.9 Å². The molecule has 0 fully saturated rings. The van der Waals surface area contributed by atoms with Gasteiger partial charge in [-0.3, -0.25) is 0 Å². The second-order valence-electron chi connectivity index (χ2n) is 5.56. The fourth-order valence-electron chi connectivity index (χ4n) is 2.63. The Balaban J connectivity index is 1.97. The van der Waals surface area contributed by atoms with E-state index in [4.69, 9.17) is 10.3 Å². The molecule has 0 saturated carbocycles. The minimum absolute atomic E-state index is 0.527. The lowest BCUT2D eigenvalue weighted by atomic mass is 9.95. The number of hydrogen-bond acceptors (Lipinski definition) is 5. The Hall–Kier alpha value is -1.36. The third-order valence-electron chi connectivity index (χ3n) is 3.47. The van der Waals surface area contributed by atoms with Gasteiger partial charge >= 0.3 is 0 Å².